The zero-order chi connectivity index (χ0) is 14.8. The fourth-order valence-corrected chi connectivity index (χ4v) is 3.46. The first-order chi connectivity index (χ1) is 10.2. The normalized spacial score (nSPS) is 10.7. The maximum Gasteiger partial charge on any atom is 0.336 e. The summed E-state index contributed by atoms with van der Waals surface area (Å²) in [5.74, 6) is -1.03. The van der Waals surface area contributed by atoms with Crippen molar-refractivity contribution in [2.75, 3.05) is 0 Å². The van der Waals surface area contributed by atoms with Crippen molar-refractivity contribution in [3.63, 3.8) is 0 Å². The van der Waals surface area contributed by atoms with Crippen molar-refractivity contribution < 1.29 is 13.0 Å². The summed E-state index contributed by atoms with van der Waals surface area (Å²) in [6, 6.07) is 19.0. The highest BCUT2D eigenvalue weighted by molar-refractivity contribution is 14.1. The van der Waals surface area contributed by atoms with Gasteiger partial charge in [0.25, 0.3) is 0 Å². The van der Waals surface area contributed by atoms with Crippen LogP contribution in [0.4, 0.5) is 0 Å². The summed E-state index contributed by atoms with van der Waals surface area (Å²) in [7, 11) is 0. The highest BCUT2D eigenvalue weighted by Crippen LogP contribution is 2.32. The SMILES string of the molecule is O=Ic1cc2c(-c3ccccc3)cccc2cc1C(=O)O. The van der Waals surface area contributed by atoms with Gasteiger partial charge >= 0.3 is 5.97 Å². The molecule has 0 radical (unpaired) electrons. The van der Waals surface area contributed by atoms with Crippen LogP contribution in [0.25, 0.3) is 21.9 Å². The second-order valence-electron chi connectivity index (χ2n) is 4.61. The highest BCUT2D eigenvalue weighted by Gasteiger charge is 2.13. The first-order valence-electron chi connectivity index (χ1n) is 6.33. The first kappa shape index (κ1) is 13.9. The summed E-state index contributed by atoms with van der Waals surface area (Å²) in [6.45, 7) is 0. The average molecular weight is 390 g/mol. The van der Waals surface area contributed by atoms with Gasteiger partial charge in [0.2, 0.25) is 0 Å². The molecule has 0 saturated heterocycles. The number of hydrogen-bond donors (Lipinski definition) is 1. The molecule has 0 heterocycles. The van der Waals surface area contributed by atoms with Gasteiger partial charge in [0.05, 0.1) is 9.13 Å². The Labute approximate surface area is 131 Å². The molecule has 4 heteroatoms. The van der Waals surface area contributed by atoms with Gasteiger partial charge in [0.1, 0.15) is 0 Å². The Bertz CT molecular complexity index is 841. The van der Waals surface area contributed by atoms with Crippen LogP contribution in [0.3, 0.4) is 0 Å². The number of benzene rings is 3. The molecule has 0 fully saturated rings. The van der Waals surface area contributed by atoms with Crippen LogP contribution in [0.5, 0.6) is 0 Å². The summed E-state index contributed by atoms with van der Waals surface area (Å²) < 4.78 is 11.8. The van der Waals surface area contributed by atoms with E-state index >= 15 is 0 Å². The van der Waals surface area contributed by atoms with Gasteiger partial charge in [-0.05, 0) is 34.0 Å². The van der Waals surface area contributed by atoms with Crippen molar-refractivity contribution in [2.24, 2.45) is 0 Å². The van der Waals surface area contributed by atoms with Crippen LogP contribution in [0.2, 0.25) is 0 Å². The van der Waals surface area contributed by atoms with E-state index in [1.54, 1.807) is 12.1 Å². The van der Waals surface area contributed by atoms with Crippen LogP contribution in [-0.4, -0.2) is 11.1 Å². The first-order valence-corrected chi connectivity index (χ1v) is 8.29. The lowest BCUT2D eigenvalue weighted by Gasteiger charge is -2.09. The molecule has 0 aliphatic rings. The van der Waals surface area contributed by atoms with Crippen LogP contribution in [0.15, 0.2) is 60.7 Å². The summed E-state index contributed by atoms with van der Waals surface area (Å²) in [6.07, 6.45) is 0. The Morgan fingerprint density at radius 1 is 0.952 bits per heavy atom. The maximum atomic E-state index is 11.4. The number of hydrogen-bond acceptors (Lipinski definition) is 2. The van der Waals surface area contributed by atoms with E-state index < -0.39 is 27.2 Å². The molecule has 3 rings (SSSR count). The largest absolute Gasteiger partial charge is 0.478 e. The molecular formula is C17H11IO3. The average Bonchev–Trinajstić information content (AvgIpc) is 2.53. The van der Waals surface area contributed by atoms with Crippen molar-refractivity contribution in [3.05, 3.63) is 69.8 Å². The molecule has 104 valence electrons. The summed E-state index contributed by atoms with van der Waals surface area (Å²) in [4.78, 5) is 11.3. The molecule has 21 heavy (non-hydrogen) atoms. The number of halogens is 1. The van der Waals surface area contributed by atoms with Crippen LogP contribution in [0, 0.1) is 3.57 Å². The standard InChI is InChI=1S/C17H11IO3/c19-17(20)15-9-12-7-4-8-13(11-5-2-1-3-6-11)14(12)10-16(15)18-21/h1-10H,(H,19,20). The summed E-state index contributed by atoms with van der Waals surface area (Å²) in [5, 5.41) is 11.0. The maximum absolute atomic E-state index is 11.4. The number of rotatable bonds is 3. The zero-order valence-corrected chi connectivity index (χ0v) is 13.1. The van der Waals surface area contributed by atoms with E-state index in [-0.39, 0.29) is 5.56 Å². The summed E-state index contributed by atoms with van der Waals surface area (Å²) in [5.41, 5.74) is 2.21. The molecule has 0 spiro atoms. The monoisotopic (exact) mass is 390 g/mol. The van der Waals surface area contributed by atoms with Gasteiger partial charge in [0.15, 0.2) is 21.2 Å². The molecule has 3 aromatic carbocycles. The van der Waals surface area contributed by atoms with Crippen molar-refractivity contribution >= 4 is 37.9 Å². The molecule has 0 amide bonds. The molecule has 0 saturated carbocycles. The number of aromatic carboxylic acids is 1. The van der Waals surface area contributed by atoms with Gasteiger partial charge in [-0.25, -0.2) is 4.79 Å². The number of fused-ring (bicyclic) bond motifs is 1. The Morgan fingerprint density at radius 2 is 1.71 bits per heavy atom. The van der Waals surface area contributed by atoms with Crippen LogP contribution in [0.1, 0.15) is 10.4 Å². The molecular weight excluding hydrogens is 379 g/mol. The van der Waals surface area contributed by atoms with Crippen molar-refractivity contribution in [2.45, 2.75) is 0 Å². The predicted molar refractivity (Wildman–Crippen MR) is 89.7 cm³/mol. The third kappa shape index (κ3) is 2.58. The Morgan fingerprint density at radius 3 is 2.38 bits per heavy atom. The van der Waals surface area contributed by atoms with E-state index in [9.17, 15) is 13.0 Å². The molecule has 0 atom stereocenters. The van der Waals surface area contributed by atoms with Crippen molar-refractivity contribution in [3.8, 4) is 11.1 Å². The molecule has 3 aromatic rings. The molecule has 3 nitrogen and oxygen atoms in total. The van der Waals surface area contributed by atoms with E-state index in [4.69, 9.17) is 0 Å². The minimum Gasteiger partial charge on any atom is -0.478 e. The zero-order valence-electron chi connectivity index (χ0n) is 10.9. The quantitative estimate of drug-likeness (QED) is 0.661. The van der Waals surface area contributed by atoms with E-state index in [0.717, 1.165) is 21.9 Å². The van der Waals surface area contributed by atoms with E-state index in [1.807, 2.05) is 48.5 Å². The highest BCUT2D eigenvalue weighted by atomic mass is 127. The Hall–Kier alpha value is -2.08. The summed E-state index contributed by atoms with van der Waals surface area (Å²) >= 11 is -1.53. The van der Waals surface area contributed by atoms with Gasteiger partial charge < -0.3 is 5.11 Å². The fourth-order valence-electron chi connectivity index (χ4n) is 2.40. The van der Waals surface area contributed by atoms with Gasteiger partial charge in [0, 0.05) is 0 Å². The third-order valence-corrected chi connectivity index (χ3v) is 4.73. The van der Waals surface area contributed by atoms with Gasteiger partial charge in [-0.2, -0.15) is 0 Å². The second kappa shape index (κ2) is 5.73. The molecule has 1 N–H and O–H groups in total. The van der Waals surface area contributed by atoms with Gasteiger partial charge in [-0.3, -0.25) is 3.07 Å². The van der Waals surface area contributed by atoms with E-state index in [2.05, 4.69) is 0 Å². The molecule has 0 unspecified atom stereocenters. The van der Waals surface area contributed by atoms with Crippen LogP contribution < -0.4 is 0 Å². The second-order valence-corrected chi connectivity index (χ2v) is 6.21. The molecule has 0 aromatic heterocycles. The lowest BCUT2D eigenvalue weighted by atomic mass is 9.97. The minimum absolute atomic E-state index is 0.135. The number of carbonyl (C=O) groups is 1. The van der Waals surface area contributed by atoms with Crippen LogP contribution in [-0.2, 0) is 3.07 Å². The predicted octanol–water partition coefficient (Wildman–Crippen LogP) is 4.69. The number of carboxylic acids is 1. The van der Waals surface area contributed by atoms with E-state index in [1.165, 1.54) is 0 Å². The third-order valence-electron chi connectivity index (χ3n) is 3.37. The molecule has 0 bridgehead atoms. The Balaban J connectivity index is 2.34. The van der Waals surface area contributed by atoms with Gasteiger partial charge in [-0.15, -0.1) is 0 Å². The lowest BCUT2D eigenvalue weighted by molar-refractivity contribution is 0.0696. The van der Waals surface area contributed by atoms with Gasteiger partial charge in [-0.1, -0.05) is 48.5 Å². The fraction of sp³-hybridized carbons (Fsp3) is 0. The Kier molecular flexibility index (Phi) is 3.79. The lowest BCUT2D eigenvalue weighted by Crippen LogP contribution is -2.00. The molecule has 0 aliphatic carbocycles. The minimum atomic E-state index is -1.53. The number of carboxylic acid groups (broad SMARTS) is 1. The van der Waals surface area contributed by atoms with E-state index in [0.29, 0.717) is 3.57 Å². The topological polar surface area (TPSA) is 54.4 Å². The van der Waals surface area contributed by atoms with Crippen LogP contribution >= 0.6 is 21.2 Å². The smallest absolute Gasteiger partial charge is 0.336 e. The van der Waals surface area contributed by atoms with Crippen molar-refractivity contribution in [1.82, 2.24) is 0 Å². The molecule has 0 aliphatic heterocycles. The van der Waals surface area contributed by atoms with Crippen molar-refractivity contribution in [1.29, 1.82) is 0 Å².